The molecule has 6 nitrogen and oxygen atoms in total. The zero-order valence-electron chi connectivity index (χ0n) is 18.9. The molecule has 1 amide bonds. The Morgan fingerprint density at radius 2 is 1.81 bits per heavy atom. The van der Waals surface area contributed by atoms with Crippen LogP contribution < -0.4 is 14.8 Å². The van der Waals surface area contributed by atoms with Crippen LogP contribution in [0, 0.1) is 5.92 Å². The lowest BCUT2D eigenvalue weighted by atomic mass is 9.89. The second-order valence-corrected chi connectivity index (χ2v) is 8.42. The molecule has 0 saturated heterocycles. The zero-order valence-corrected chi connectivity index (χ0v) is 18.9. The van der Waals surface area contributed by atoms with Gasteiger partial charge in [0.25, 0.3) is 0 Å². The van der Waals surface area contributed by atoms with E-state index in [1.54, 1.807) is 7.11 Å². The fourth-order valence-corrected chi connectivity index (χ4v) is 4.46. The van der Waals surface area contributed by atoms with Crippen LogP contribution in [0.25, 0.3) is 11.0 Å². The molecule has 4 rings (SSSR count). The molecule has 0 unspecified atom stereocenters. The van der Waals surface area contributed by atoms with Crippen LogP contribution in [0.3, 0.4) is 0 Å². The summed E-state index contributed by atoms with van der Waals surface area (Å²) < 4.78 is 13.3. The Balaban J connectivity index is 1.32. The number of fused-ring (bicyclic) bond motifs is 1. The molecular weight excluding hydrogens is 402 g/mol. The number of hydrogen-bond acceptors (Lipinski definition) is 4. The lowest BCUT2D eigenvalue weighted by molar-refractivity contribution is -0.125. The van der Waals surface area contributed by atoms with Crippen molar-refractivity contribution in [2.75, 3.05) is 20.3 Å². The van der Waals surface area contributed by atoms with Gasteiger partial charge >= 0.3 is 0 Å². The lowest BCUT2D eigenvalue weighted by Crippen LogP contribution is -2.33. The fourth-order valence-electron chi connectivity index (χ4n) is 4.46. The predicted octanol–water partition coefficient (Wildman–Crippen LogP) is 4.75. The molecule has 3 aromatic rings. The van der Waals surface area contributed by atoms with E-state index in [1.165, 1.54) is 19.3 Å². The van der Waals surface area contributed by atoms with Crippen LogP contribution in [0.5, 0.6) is 11.5 Å². The number of amides is 1. The molecule has 0 bridgehead atoms. The highest BCUT2D eigenvalue weighted by Gasteiger charge is 2.20. The minimum absolute atomic E-state index is 0.192. The number of aryl methyl sites for hydroxylation is 1. The number of aromatic nitrogens is 2. The maximum Gasteiger partial charge on any atom is 0.223 e. The summed E-state index contributed by atoms with van der Waals surface area (Å²) in [5, 5.41) is 3.14. The van der Waals surface area contributed by atoms with Crippen molar-refractivity contribution in [2.24, 2.45) is 5.92 Å². The van der Waals surface area contributed by atoms with Gasteiger partial charge in [-0.2, -0.15) is 0 Å². The molecule has 0 radical (unpaired) electrons. The van der Waals surface area contributed by atoms with Gasteiger partial charge in [-0.1, -0.05) is 31.4 Å². The number of ether oxygens (including phenoxy) is 2. The van der Waals surface area contributed by atoms with Gasteiger partial charge in [0.15, 0.2) is 0 Å². The first kappa shape index (κ1) is 22.2. The van der Waals surface area contributed by atoms with Gasteiger partial charge in [0.2, 0.25) is 5.91 Å². The first-order valence-corrected chi connectivity index (χ1v) is 11.7. The Morgan fingerprint density at radius 3 is 2.59 bits per heavy atom. The van der Waals surface area contributed by atoms with Gasteiger partial charge in [0, 0.05) is 25.4 Å². The van der Waals surface area contributed by atoms with Crippen LogP contribution in [0.4, 0.5) is 0 Å². The number of hydrogen-bond donors (Lipinski definition) is 1. The van der Waals surface area contributed by atoms with Crippen LogP contribution in [0.1, 0.15) is 44.3 Å². The summed E-state index contributed by atoms with van der Waals surface area (Å²) in [6.07, 6.45) is 7.26. The minimum atomic E-state index is 0.192. The van der Waals surface area contributed by atoms with E-state index in [1.807, 2.05) is 42.5 Å². The maximum absolute atomic E-state index is 12.5. The lowest BCUT2D eigenvalue weighted by Gasteiger charge is -2.20. The Kier molecular flexibility index (Phi) is 7.64. The van der Waals surface area contributed by atoms with Gasteiger partial charge in [-0.05, 0) is 55.7 Å². The Morgan fingerprint density at radius 1 is 1.06 bits per heavy atom. The minimum Gasteiger partial charge on any atom is -0.497 e. The van der Waals surface area contributed by atoms with E-state index in [0.29, 0.717) is 13.2 Å². The number of imidazole rings is 1. The van der Waals surface area contributed by atoms with Crippen molar-refractivity contribution in [1.82, 2.24) is 14.9 Å². The average molecular weight is 436 g/mol. The highest BCUT2D eigenvalue weighted by molar-refractivity contribution is 5.78. The molecule has 1 N–H and O–H groups in total. The standard InChI is InChI=1S/C26H33N3O3/c1-31-21-12-14-22(15-13-21)32-19-7-18-29-24-11-6-5-10-23(24)28-25(29)16-17-27-26(30)20-8-3-2-4-9-20/h5-6,10-15,20H,2-4,7-9,16-19H2,1H3,(H,27,30). The molecule has 0 spiro atoms. The summed E-state index contributed by atoms with van der Waals surface area (Å²) in [6, 6.07) is 15.9. The summed E-state index contributed by atoms with van der Waals surface area (Å²) in [5.41, 5.74) is 2.13. The first-order valence-electron chi connectivity index (χ1n) is 11.7. The topological polar surface area (TPSA) is 65.4 Å². The molecule has 170 valence electrons. The van der Waals surface area contributed by atoms with Gasteiger partial charge in [0.05, 0.1) is 24.8 Å². The number of carbonyl (C=O) groups excluding carboxylic acids is 1. The van der Waals surface area contributed by atoms with E-state index < -0.39 is 0 Å². The highest BCUT2D eigenvalue weighted by Crippen LogP contribution is 2.24. The van der Waals surface area contributed by atoms with Gasteiger partial charge in [-0.25, -0.2) is 4.98 Å². The molecule has 1 aliphatic rings. The first-order chi connectivity index (χ1) is 15.7. The molecule has 6 heteroatoms. The van der Waals surface area contributed by atoms with Crippen molar-refractivity contribution in [3.63, 3.8) is 0 Å². The molecule has 0 atom stereocenters. The largest absolute Gasteiger partial charge is 0.497 e. The Bertz CT molecular complexity index is 1010. The van der Waals surface area contributed by atoms with Crippen LogP contribution in [0.2, 0.25) is 0 Å². The van der Waals surface area contributed by atoms with Crippen molar-refractivity contribution >= 4 is 16.9 Å². The van der Waals surface area contributed by atoms with E-state index in [9.17, 15) is 4.79 Å². The van der Waals surface area contributed by atoms with E-state index in [-0.39, 0.29) is 11.8 Å². The van der Waals surface area contributed by atoms with E-state index in [4.69, 9.17) is 14.5 Å². The number of nitrogens with zero attached hydrogens (tertiary/aromatic N) is 2. The smallest absolute Gasteiger partial charge is 0.223 e. The second-order valence-electron chi connectivity index (χ2n) is 8.42. The number of carbonyl (C=O) groups is 1. The third-order valence-electron chi connectivity index (χ3n) is 6.21. The van der Waals surface area contributed by atoms with E-state index >= 15 is 0 Å². The maximum atomic E-state index is 12.5. The fraction of sp³-hybridized carbons (Fsp3) is 0.462. The Labute approximate surface area is 189 Å². The second kappa shape index (κ2) is 11.0. The average Bonchev–Trinajstić information content (AvgIpc) is 3.20. The summed E-state index contributed by atoms with van der Waals surface area (Å²) in [5.74, 6) is 3.08. The number of nitrogens with one attached hydrogen (secondary N) is 1. The molecule has 1 aromatic heterocycles. The third-order valence-corrected chi connectivity index (χ3v) is 6.21. The molecule has 1 heterocycles. The van der Waals surface area contributed by atoms with Crippen LogP contribution in [0.15, 0.2) is 48.5 Å². The zero-order chi connectivity index (χ0) is 22.2. The number of benzene rings is 2. The summed E-state index contributed by atoms with van der Waals surface area (Å²) in [6.45, 7) is 2.07. The van der Waals surface area contributed by atoms with E-state index in [2.05, 4.69) is 16.0 Å². The van der Waals surface area contributed by atoms with E-state index in [0.717, 1.165) is 60.6 Å². The molecule has 1 aliphatic carbocycles. The summed E-state index contributed by atoms with van der Waals surface area (Å²) >= 11 is 0. The number of methoxy groups -OCH3 is 1. The predicted molar refractivity (Wildman–Crippen MR) is 126 cm³/mol. The van der Waals surface area contributed by atoms with Crippen molar-refractivity contribution in [3.8, 4) is 11.5 Å². The Hall–Kier alpha value is -3.02. The monoisotopic (exact) mass is 435 g/mol. The van der Waals surface area contributed by atoms with Crippen molar-refractivity contribution in [1.29, 1.82) is 0 Å². The molecule has 0 aliphatic heterocycles. The quantitative estimate of drug-likeness (QED) is 0.467. The van der Waals surface area contributed by atoms with Gasteiger partial charge in [-0.15, -0.1) is 0 Å². The number of para-hydroxylation sites is 2. The van der Waals surface area contributed by atoms with Gasteiger partial charge < -0.3 is 19.4 Å². The van der Waals surface area contributed by atoms with Crippen molar-refractivity contribution in [3.05, 3.63) is 54.4 Å². The van der Waals surface area contributed by atoms with Gasteiger partial charge in [-0.3, -0.25) is 4.79 Å². The van der Waals surface area contributed by atoms with Crippen LogP contribution in [-0.2, 0) is 17.8 Å². The molecule has 2 aromatic carbocycles. The summed E-state index contributed by atoms with van der Waals surface area (Å²) in [7, 11) is 1.66. The third kappa shape index (κ3) is 5.61. The molecule has 1 saturated carbocycles. The van der Waals surface area contributed by atoms with Crippen molar-refractivity contribution in [2.45, 2.75) is 51.5 Å². The van der Waals surface area contributed by atoms with Crippen LogP contribution >= 0.6 is 0 Å². The van der Waals surface area contributed by atoms with Crippen molar-refractivity contribution < 1.29 is 14.3 Å². The number of rotatable bonds is 10. The highest BCUT2D eigenvalue weighted by atomic mass is 16.5. The molecule has 1 fully saturated rings. The van der Waals surface area contributed by atoms with Gasteiger partial charge in [0.1, 0.15) is 17.3 Å². The summed E-state index contributed by atoms with van der Waals surface area (Å²) in [4.78, 5) is 17.3. The molecular formula is C26H33N3O3. The van der Waals surface area contributed by atoms with Crippen LogP contribution in [-0.4, -0.2) is 35.7 Å². The SMILES string of the molecule is COc1ccc(OCCCn2c(CCNC(=O)C3CCCCC3)nc3ccccc32)cc1. The normalized spacial score (nSPS) is 14.4. The molecule has 32 heavy (non-hydrogen) atoms.